The molecule has 0 atom stereocenters. The van der Waals surface area contributed by atoms with Gasteiger partial charge in [-0.3, -0.25) is 4.79 Å². The van der Waals surface area contributed by atoms with Crippen molar-refractivity contribution in [3.8, 4) is 29.1 Å². The fourth-order valence-electron chi connectivity index (χ4n) is 2.34. The minimum Gasteiger partial charge on any atom is -0.493 e. The molecule has 0 aromatic heterocycles. The minimum atomic E-state index is -0.151. The van der Waals surface area contributed by atoms with Gasteiger partial charge in [0.05, 0.1) is 7.11 Å². The van der Waals surface area contributed by atoms with Gasteiger partial charge in [-0.1, -0.05) is 12.1 Å². The van der Waals surface area contributed by atoms with Gasteiger partial charge in [-0.25, -0.2) is 0 Å². The molecule has 3 rings (SSSR count). The Morgan fingerprint density at radius 3 is 2.84 bits per heavy atom. The highest BCUT2D eigenvalue weighted by Crippen LogP contribution is 2.33. The first-order chi connectivity index (χ1) is 12.2. The summed E-state index contributed by atoms with van der Waals surface area (Å²) in [7, 11) is 1.51. The molecule has 2 aromatic carbocycles. The number of carbonyl (C=O) groups is 1. The predicted octanol–water partition coefficient (Wildman–Crippen LogP) is 3.22. The molecule has 0 unspecified atom stereocenters. The Morgan fingerprint density at radius 1 is 1.20 bits per heavy atom. The van der Waals surface area contributed by atoms with Crippen molar-refractivity contribution in [1.82, 2.24) is 0 Å². The van der Waals surface area contributed by atoms with Gasteiger partial charge in [0.25, 0.3) is 0 Å². The molecule has 1 aliphatic rings. The van der Waals surface area contributed by atoms with Crippen LogP contribution >= 0.6 is 0 Å². The van der Waals surface area contributed by atoms with Crippen molar-refractivity contribution in [3.05, 3.63) is 53.6 Å². The number of hydrogen-bond acceptors (Lipinski definition) is 6. The smallest absolute Gasteiger partial charge is 0.231 e. The number of allylic oxidation sites excluding steroid dienone is 1. The van der Waals surface area contributed by atoms with Crippen LogP contribution in [0.3, 0.4) is 0 Å². The number of rotatable bonds is 6. The maximum absolute atomic E-state index is 12.3. The lowest BCUT2D eigenvalue weighted by molar-refractivity contribution is 0.104. The molecule has 0 bridgehead atoms. The topological polar surface area (TPSA) is 77.8 Å². The molecular formula is C19H15NO5. The van der Waals surface area contributed by atoms with E-state index in [4.69, 9.17) is 24.2 Å². The molecule has 1 heterocycles. The molecule has 0 spiro atoms. The summed E-state index contributed by atoms with van der Waals surface area (Å²) < 4.78 is 21.0. The Balaban J connectivity index is 1.75. The van der Waals surface area contributed by atoms with Crippen molar-refractivity contribution in [1.29, 1.82) is 5.26 Å². The Labute approximate surface area is 144 Å². The third kappa shape index (κ3) is 3.72. The van der Waals surface area contributed by atoms with Crippen LogP contribution in [0.25, 0.3) is 6.08 Å². The quantitative estimate of drug-likeness (QED) is 0.595. The monoisotopic (exact) mass is 337 g/mol. The molecular weight excluding hydrogens is 322 g/mol. The fourth-order valence-corrected chi connectivity index (χ4v) is 2.34. The average molecular weight is 337 g/mol. The van der Waals surface area contributed by atoms with Crippen LogP contribution in [-0.2, 0) is 0 Å². The first-order valence-electron chi connectivity index (χ1n) is 7.51. The van der Waals surface area contributed by atoms with E-state index in [2.05, 4.69) is 0 Å². The molecule has 0 N–H and O–H groups in total. The van der Waals surface area contributed by atoms with Crippen LogP contribution in [0.2, 0.25) is 0 Å². The van der Waals surface area contributed by atoms with Crippen molar-refractivity contribution in [2.24, 2.45) is 0 Å². The summed E-state index contributed by atoms with van der Waals surface area (Å²) in [6, 6.07) is 12.2. The van der Waals surface area contributed by atoms with E-state index in [1.54, 1.807) is 42.5 Å². The largest absolute Gasteiger partial charge is 0.493 e. The second-order valence-electron chi connectivity index (χ2n) is 5.12. The van der Waals surface area contributed by atoms with Crippen molar-refractivity contribution in [2.45, 2.75) is 0 Å². The number of carbonyl (C=O) groups excluding carboxylic acids is 1. The summed E-state index contributed by atoms with van der Waals surface area (Å²) in [5.74, 6) is 2.02. The van der Waals surface area contributed by atoms with Crippen LogP contribution in [0.1, 0.15) is 15.9 Å². The SMILES string of the molecule is COc1cc(/C=C/C(=O)c2ccc3c(c2)OCO3)ccc1OCC#N. The lowest BCUT2D eigenvalue weighted by Crippen LogP contribution is -1.97. The molecule has 25 heavy (non-hydrogen) atoms. The van der Waals surface area contributed by atoms with Crippen LogP contribution in [0.15, 0.2) is 42.5 Å². The van der Waals surface area contributed by atoms with Crippen molar-refractivity contribution in [3.63, 3.8) is 0 Å². The molecule has 0 amide bonds. The number of fused-ring (bicyclic) bond motifs is 1. The van der Waals surface area contributed by atoms with E-state index in [1.807, 2.05) is 6.07 Å². The van der Waals surface area contributed by atoms with E-state index in [0.717, 1.165) is 5.56 Å². The second-order valence-corrected chi connectivity index (χ2v) is 5.12. The lowest BCUT2D eigenvalue weighted by Gasteiger charge is -2.08. The third-order valence-corrected chi connectivity index (χ3v) is 3.56. The van der Waals surface area contributed by atoms with Gasteiger partial charge in [-0.05, 0) is 42.0 Å². The zero-order valence-electron chi connectivity index (χ0n) is 13.5. The first-order valence-corrected chi connectivity index (χ1v) is 7.51. The molecule has 0 saturated heterocycles. The second kappa shape index (κ2) is 7.41. The maximum atomic E-state index is 12.3. The van der Waals surface area contributed by atoms with E-state index in [-0.39, 0.29) is 19.2 Å². The maximum Gasteiger partial charge on any atom is 0.231 e. The number of hydrogen-bond donors (Lipinski definition) is 0. The Morgan fingerprint density at radius 2 is 2.04 bits per heavy atom. The van der Waals surface area contributed by atoms with E-state index < -0.39 is 0 Å². The van der Waals surface area contributed by atoms with E-state index >= 15 is 0 Å². The zero-order chi connectivity index (χ0) is 17.6. The minimum absolute atomic E-state index is 0.0614. The van der Waals surface area contributed by atoms with Crippen LogP contribution in [0.4, 0.5) is 0 Å². The molecule has 1 aliphatic heterocycles. The standard InChI is InChI=1S/C19H15NO5/c1-22-18-10-13(3-6-16(18)23-9-8-20)2-5-15(21)14-4-7-17-19(11-14)25-12-24-17/h2-7,10-11H,9,12H2,1H3/b5-2+. The van der Waals surface area contributed by atoms with Gasteiger partial charge in [0.2, 0.25) is 6.79 Å². The number of nitrogens with zero attached hydrogens (tertiary/aromatic N) is 1. The third-order valence-electron chi connectivity index (χ3n) is 3.56. The number of methoxy groups -OCH3 is 1. The van der Waals surface area contributed by atoms with Gasteiger partial charge in [-0.15, -0.1) is 0 Å². The first kappa shape index (κ1) is 16.4. The number of ether oxygens (including phenoxy) is 4. The van der Waals surface area contributed by atoms with Gasteiger partial charge in [0, 0.05) is 5.56 Å². The molecule has 2 aromatic rings. The van der Waals surface area contributed by atoms with Gasteiger partial charge in [-0.2, -0.15) is 5.26 Å². The number of nitriles is 1. The molecule has 6 nitrogen and oxygen atoms in total. The van der Waals surface area contributed by atoms with Crippen molar-refractivity contribution in [2.75, 3.05) is 20.5 Å². The van der Waals surface area contributed by atoms with Gasteiger partial charge < -0.3 is 18.9 Å². The number of ketones is 1. The van der Waals surface area contributed by atoms with E-state index in [1.165, 1.54) is 13.2 Å². The molecule has 6 heteroatoms. The summed E-state index contributed by atoms with van der Waals surface area (Å²) in [5.41, 5.74) is 1.29. The summed E-state index contributed by atoms with van der Waals surface area (Å²) in [6.07, 6.45) is 3.16. The molecule has 0 radical (unpaired) electrons. The predicted molar refractivity (Wildman–Crippen MR) is 90.0 cm³/mol. The van der Waals surface area contributed by atoms with Gasteiger partial charge in [0.1, 0.15) is 6.07 Å². The normalized spacial score (nSPS) is 12.0. The van der Waals surface area contributed by atoms with Crippen LogP contribution in [-0.4, -0.2) is 26.3 Å². The highest BCUT2D eigenvalue weighted by Gasteiger charge is 2.15. The number of benzene rings is 2. The molecule has 0 fully saturated rings. The van der Waals surface area contributed by atoms with E-state index in [9.17, 15) is 4.79 Å². The van der Waals surface area contributed by atoms with Crippen molar-refractivity contribution >= 4 is 11.9 Å². The van der Waals surface area contributed by atoms with Crippen LogP contribution in [0.5, 0.6) is 23.0 Å². The fraction of sp³-hybridized carbons (Fsp3) is 0.158. The van der Waals surface area contributed by atoms with Gasteiger partial charge >= 0.3 is 0 Å². The summed E-state index contributed by atoms with van der Waals surface area (Å²) >= 11 is 0. The van der Waals surface area contributed by atoms with Gasteiger partial charge in [0.15, 0.2) is 35.4 Å². The molecule has 126 valence electrons. The van der Waals surface area contributed by atoms with Crippen LogP contribution < -0.4 is 18.9 Å². The Kier molecular flexibility index (Phi) is 4.86. The van der Waals surface area contributed by atoms with E-state index in [0.29, 0.717) is 28.6 Å². The van der Waals surface area contributed by atoms with Crippen LogP contribution in [0, 0.1) is 11.3 Å². The summed E-state index contributed by atoms with van der Waals surface area (Å²) in [4.78, 5) is 12.3. The highest BCUT2D eigenvalue weighted by molar-refractivity contribution is 6.07. The van der Waals surface area contributed by atoms with Crippen molar-refractivity contribution < 1.29 is 23.7 Å². The molecule has 0 aliphatic carbocycles. The Bertz CT molecular complexity index is 867. The highest BCUT2D eigenvalue weighted by atomic mass is 16.7. The summed E-state index contributed by atoms with van der Waals surface area (Å²) in [5, 5.41) is 8.58. The zero-order valence-corrected chi connectivity index (χ0v) is 13.5. The summed E-state index contributed by atoms with van der Waals surface area (Å²) in [6.45, 7) is 0.108. The average Bonchev–Trinajstić information content (AvgIpc) is 3.12. The molecule has 0 saturated carbocycles. The Hall–Kier alpha value is -3.46. The lowest BCUT2D eigenvalue weighted by atomic mass is 10.1.